The number of hydrogen-bond donors (Lipinski definition) is 10. The van der Waals surface area contributed by atoms with Crippen molar-refractivity contribution in [1.82, 2.24) is 0 Å². The van der Waals surface area contributed by atoms with E-state index in [1.54, 1.807) is 20.8 Å². The maximum atomic E-state index is 11.3. The molecule has 3 aliphatic heterocycles. The van der Waals surface area contributed by atoms with Crippen LogP contribution in [0.3, 0.4) is 0 Å². The van der Waals surface area contributed by atoms with Crippen molar-refractivity contribution in [2.45, 2.75) is 113 Å². The largest absolute Gasteiger partial charge is 0.394 e. The van der Waals surface area contributed by atoms with E-state index in [9.17, 15) is 51.1 Å². The molecule has 0 aromatic heterocycles. The Morgan fingerprint density at radius 3 is 1.30 bits per heavy atom. The number of ether oxygens (including phenoxy) is 5. The summed E-state index contributed by atoms with van der Waals surface area (Å²) in [4.78, 5) is 0. The third-order valence-electron chi connectivity index (χ3n) is 6.97. The first-order valence-corrected chi connectivity index (χ1v) is 12.1. The molecule has 0 aromatic rings. The zero-order valence-corrected chi connectivity index (χ0v) is 20.8. The van der Waals surface area contributed by atoms with E-state index in [4.69, 9.17) is 23.7 Å². The summed E-state index contributed by atoms with van der Waals surface area (Å²) in [5, 5.41) is 102. The van der Waals surface area contributed by atoms with Gasteiger partial charge < -0.3 is 74.7 Å². The van der Waals surface area contributed by atoms with E-state index in [1.165, 1.54) is 0 Å². The fraction of sp³-hybridized carbons (Fsp3) is 1.00. The number of hydrogen-bond acceptors (Lipinski definition) is 15. The zero-order chi connectivity index (χ0) is 27.8. The molecular formula is C22H40O15. The molecule has 15 atom stereocenters. The molecule has 3 heterocycles. The summed E-state index contributed by atoms with van der Waals surface area (Å²) < 4.78 is 28.3. The first-order chi connectivity index (χ1) is 17.3. The lowest BCUT2D eigenvalue weighted by atomic mass is 9.80. The highest BCUT2D eigenvalue weighted by Crippen LogP contribution is 2.38. The Balaban J connectivity index is 1.92. The summed E-state index contributed by atoms with van der Waals surface area (Å²) in [6, 6.07) is 0. The van der Waals surface area contributed by atoms with E-state index >= 15 is 0 Å². The quantitative estimate of drug-likeness (QED) is 0.144. The molecule has 15 nitrogen and oxygen atoms in total. The molecule has 0 aliphatic carbocycles. The van der Waals surface area contributed by atoms with Gasteiger partial charge in [-0.05, 0) is 5.41 Å². The second-order valence-corrected chi connectivity index (χ2v) is 10.7. The van der Waals surface area contributed by atoms with Crippen molar-refractivity contribution >= 4 is 0 Å². The molecule has 15 heteroatoms. The Bertz CT molecular complexity index is 717. The maximum Gasteiger partial charge on any atom is 0.187 e. The Hall–Kier alpha value is -0.600. The van der Waals surface area contributed by atoms with Crippen molar-refractivity contribution in [3.8, 4) is 0 Å². The molecule has 3 rings (SSSR count). The number of aliphatic hydroxyl groups is 10. The molecule has 37 heavy (non-hydrogen) atoms. The zero-order valence-electron chi connectivity index (χ0n) is 20.8. The summed E-state index contributed by atoms with van der Waals surface area (Å²) in [5.41, 5.74) is -0.710. The number of aliphatic hydroxyl groups excluding tert-OH is 10. The summed E-state index contributed by atoms with van der Waals surface area (Å²) in [6.45, 7) is 3.12. The summed E-state index contributed by atoms with van der Waals surface area (Å²) in [7, 11) is 0. The van der Waals surface area contributed by atoms with E-state index in [-0.39, 0.29) is 0 Å². The highest BCUT2D eigenvalue weighted by Gasteiger charge is 2.55. The highest BCUT2D eigenvalue weighted by molar-refractivity contribution is 5.00. The van der Waals surface area contributed by atoms with E-state index in [1.807, 2.05) is 0 Å². The van der Waals surface area contributed by atoms with Gasteiger partial charge in [-0.3, -0.25) is 0 Å². The second kappa shape index (κ2) is 12.3. The molecule has 0 aromatic carbocycles. The predicted molar refractivity (Wildman–Crippen MR) is 118 cm³/mol. The molecule has 3 saturated heterocycles. The van der Waals surface area contributed by atoms with Crippen molar-refractivity contribution in [2.75, 3.05) is 19.8 Å². The Labute approximate surface area is 213 Å². The molecule has 0 bridgehead atoms. The molecule has 0 saturated carbocycles. The van der Waals surface area contributed by atoms with E-state index in [2.05, 4.69) is 0 Å². The van der Waals surface area contributed by atoms with Gasteiger partial charge in [0, 0.05) is 0 Å². The van der Waals surface area contributed by atoms with Crippen LogP contribution in [0.1, 0.15) is 20.8 Å². The molecular weight excluding hydrogens is 504 g/mol. The third kappa shape index (κ3) is 6.26. The van der Waals surface area contributed by atoms with Crippen LogP contribution in [-0.4, -0.2) is 163 Å². The van der Waals surface area contributed by atoms with E-state index in [0.29, 0.717) is 0 Å². The Kier molecular flexibility index (Phi) is 10.3. The Morgan fingerprint density at radius 1 is 0.514 bits per heavy atom. The van der Waals surface area contributed by atoms with Crippen LogP contribution in [-0.2, 0) is 23.7 Å². The predicted octanol–water partition coefficient (Wildman–Crippen LogP) is -5.48. The summed E-state index contributed by atoms with van der Waals surface area (Å²) >= 11 is 0. The third-order valence-corrected chi connectivity index (χ3v) is 6.97. The van der Waals surface area contributed by atoms with Crippen molar-refractivity contribution in [3.63, 3.8) is 0 Å². The monoisotopic (exact) mass is 544 g/mol. The van der Waals surface area contributed by atoms with E-state index in [0.717, 1.165) is 0 Å². The van der Waals surface area contributed by atoms with Crippen LogP contribution in [0.15, 0.2) is 0 Å². The minimum absolute atomic E-state index is 0.671. The first kappa shape index (κ1) is 30.9. The summed E-state index contributed by atoms with van der Waals surface area (Å²) in [5.74, 6) is 0. The van der Waals surface area contributed by atoms with Gasteiger partial charge in [0.15, 0.2) is 12.6 Å². The molecule has 0 spiro atoms. The fourth-order valence-electron chi connectivity index (χ4n) is 4.78. The Morgan fingerprint density at radius 2 is 0.919 bits per heavy atom. The second-order valence-electron chi connectivity index (χ2n) is 10.7. The minimum atomic E-state index is -1.82. The fourth-order valence-corrected chi connectivity index (χ4v) is 4.78. The smallest absolute Gasteiger partial charge is 0.187 e. The van der Waals surface area contributed by atoms with Crippen LogP contribution in [0, 0.1) is 5.41 Å². The standard InChI is InChI=1S/C22H40O15/c1-22(2,3)19-16(32)18(37-21-15(31)13(29)11(27)8(5-24)35-21)17(9(6-25)33-19)36-20-14(30)12(28)10(26)7(4-23)34-20/h7-21,23-32H,4-6H2,1-3H3/t7-,8-,9-,10-,11-,12+,13+,14-,15-,16-,17-,18-,19?,20?,21?/m1/s1. The molecule has 3 unspecified atom stereocenters. The van der Waals surface area contributed by atoms with Crippen molar-refractivity contribution < 1.29 is 74.7 Å². The van der Waals surface area contributed by atoms with Crippen LogP contribution < -0.4 is 0 Å². The molecule has 10 N–H and O–H groups in total. The number of rotatable bonds is 7. The molecule has 218 valence electrons. The van der Waals surface area contributed by atoms with E-state index < -0.39 is 117 Å². The van der Waals surface area contributed by atoms with Crippen LogP contribution >= 0.6 is 0 Å². The van der Waals surface area contributed by atoms with Crippen molar-refractivity contribution in [1.29, 1.82) is 0 Å². The first-order valence-electron chi connectivity index (χ1n) is 12.1. The van der Waals surface area contributed by atoms with Gasteiger partial charge in [0.1, 0.15) is 73.2 Å². The minimum Gasteiger partial charge on any atom is -0.394 e. The molecule has 3 fully saturated rings. The topological polar surface area (TPSA) is 248 Å². The van der Waals surface area contributed by atoms with Gasteiger partial charge in [0.25, 0.3) is 0 Å². The summed E-state index contributed by atoms with van der Waals surface area (Å²) in [6.07, 6.45) is -23.1. The van der Waals surface area contributed by atoms with Crippen molar-refractivity contribution in [3.05, 3.63) is 0 Å². The van der Waals surface area contributed by atoms with Gasteiger partial charge in [-0.25, -0.2) is 0 Å². The van der Waals surface area contributed by atoms with Gasteiger partial charge in [0.05, 0.1) is 25.9 Å². The van der Waals surface area contributed by atoms with Gasteiger partial charge in [-0.1, -0.05) is 20.8 Å². The van der Waals surface area contributed by atoms with Crippen LogP contribution in [0.5, 0.6) is 0 Å². The van der Waals surface area contributed by atoms with Crippen LogP contribution in [0.25, 0.3) is 0 Å². The lowest BCUT2D eigenvalue weighted by molar-refractivity contribution is -0.375. The molecule has 3 aliphatic rings. The molecule has 0 amide bonds. The average Bonchev–Trinajstić information content (AvgIpc) is 2.85. The lowest BCUT2D eigenvalue weighted by Crippen LogP contribution is -2.68. The van der Waals surface area contributed by atoms with Gasteiger partial charge in [-0.2, -0.15) is 0 Å². The van der Waals surface area contributed by atoms with Crippen LogP contribution in [0.4, 0.5) is 0 Å². The molecule has 0 radical (unpaired) electrons. The SMILES string of the molecule is CC(C)(C)C1O[C@H](CO)[C@@H](OC2O[C@H](CO)[C@@H](O)[C@H](O)[C@H]2O)[C@H](OC2O[C@H](CO)[C@@H](O)[C@H](O)[C@H]2O)[C@H]1O. The normalized spacial score (nSPS) is 49.7. The van der Waals surface area contributed by atoms with Crippen LogP contribution in [0.2, 0.25) is 0 Å². The lowest BCUT2D eigenvalue weighted by Gasteiger charge is -2.51. The van der Waals surface area contributed by atoms with Gasteiger partial charge >= 0.3 is 0 Å². The van der Waals surface area contributed by atoms with Gasteiger partial charge in [-0.15, -0.1) is 0 Å². The van der Waals surface area contributed by atoms with Gasteiger partial charge in [0.2, 0.25) is 0 Å². The maximum absolute atomic E-state index is 11.3. The highest BCUT2D eigenvalue weighted by atomic mass is 16.7. The average molecular weight is 545 g/mol. The van der Waals surface area contributed by atoms with Crippen molar-refractivity contribution in [2.24, 2.45) is 5.41 Å².